The summed E-state index contributed by atoms with van der Waals surface area (Å²) in [6, 6.07) is 2.57. The van der Waals surface area contributed by atoms with E-state index < -0.39 is 23.7 Å². The van der Waals surface area contributed by atoms with E-state index in [9.17, 15) is 18.4 Å². The molecule has 0 aliphatic carbocycles. The van der Waals surface area contributed by atoms with Crippen molar-refractivity contribution in [1.82, 2.24) is 9.97 Å². The Morgan fingerprint density at radius 1 is 1.32 bits per heavy atom. The number of fused-ring (bicyclic) bond motifs is 1. The van der Waals surface area contributed by atoms with E-state index in [2.05, 4.69) is 9.97 Å². The molecule has 130 valence electrons. The Balaban J connectivity index is 1.90. The molecule has 3 aromatic rings. The number of halogens is 2. The van der Waals surface area contributed by atoms with Gasteiger partial charge < -0.3 is 9.72 Å². The van der Waals surface area contributed by atoms with Gasteiger partial charge in [0, 0.05) is 10.9 Å². The summed E-state index contributed by atoms with van der Waals surface area (Å²) in [4.78, 5) is 32.8. The molecule has 0 fully saturated rings. The monoisotopic (exact) mass is 364 g/mol. The smallest absolute Gasteiger partial charge is 0.341 e. The fourth-order valence-corrected chi connectivity index (χ4v) is 3.44. The highest BCUT2D eigenvalue weighted by molar-refractivity contribution is 7.18. The van der Waals surface area contributed by atoms with E-state index in [-0.39, 0.29) is 16.9 Å². The third-order valence-electron chi connectivity index (χ3n) is 3.88. The SMILES string of the molecule is Cc1sc2nc([C@H](C)OC(=O)c3ccc(F)cc3F)[nH]c(=O)c2c1C. The Morgan fingerprint density at radius 3 is 2.72 bits per heavy atom. The molecule has 0 unspecified atom stereocenters. The number of carbonyl (C=O) groups excluding carboxylic acids is 1. The van der Waals surface area contributed by atoms with Gasteiger partial charge in [-0.2, -0.15) is 0 Å². The molecule has 2 aromatic heterocycles. The van der Waals surface area contributed by atoms with Gasteiger partial charge in [-0.25, -0.2) is 18.6 Å². The summed E-state index contributed by atoms with van der Waals surface area (Å²) < 4.78 is 31.7. The van der Waals surface area contributed by atoms with Gasteiger partial charge in [-0.3, -0.25) is 4.79 Å². The number of aromatic nitrogens is 2. The van der Waals surface area contributed by atoms with Crippen molar-refractivity contribution in [3.63, 3.8) is 0 Å². The molecule has 0 saturated heterocycles. The predicted octanol–water partition coefficient (Wildman–Crippen LogP) is 3.80. The lowest BCUT2D eigenvalue weighted by molar-refractivity contribution is 0.0314. The Hall–Kier alpha value is -2.61. The fourth-order valence-electron chi connectivity index (χ4n) is 2.40. The van der Waals surface area contributed by atoms with Gasteiger partial charge in [0.05, 0.1) is 10.9 Å². The van der Waals surface area contributed by atoms with Crippen molar-refractivity contribution in [2.24, 2.45) is 0 Å². The number of nitrogens with one attached hydrogen (secondary N) is 1. The van der Waals surface area contributed by atoms with Gasteiger partial charge in [0.15, 0.2) is 11.9 Å². The lowest BCUT2D eigenvalue weighted by Crippen LogP contribution is -2.17. The Bertz CT molecular complexity index is 1040. The number of carbonyl (C=O) groups is 1. The molecule has 0 amide bonds. The first-order chi connectivity index (χ1) is 11.8. The van der Waals surface area contributed by atoms with Crippen LogP contribution in [0.5, 0.6) is 0 Å². The van der Waals surface area contributed by atoms with Crippen LogP contribution < -0.4 is 5.56 Å². The highest BCUT2D eigenvalue weighted by atomic mass is 32.1. The van der Waals surface area contributed by atoms with Gasteiger partial charge in [0.1, 0.15) is 16.5 Å². The largest absolute Gasteiger partial charge is 0.451 e. The summed E-state index contributed by atoms with van der Waals surface area (Å²) in [5.41, 5.74) is 0.149. The van der Waals surface area contributed by atoms with Crippen molar-refractivity contribution < 1.29 is 18.3 Å². The van der Waals surface area contributed by atoms with Crippen molar-refractivity contribution in [1.29, 1.82) is 0 Å². The van der Waals surface area contributed by atoms with E-state index in [0.29, 0.717) is 16.3 Å². The zero-order valence-electron chi connectivity index (χ0n) is 13.6. The molecule has 0 spiro atoms. The van der Waals surface area contributed by atoms with Crippen molar-refractivity contribution in [3.8, 4) is 0 Å². The molecular formula is C17H14F2N2O3S. The van der Waals surface area contributed by atoms with Crippen LogP contribution in [0.3, 0.4) is 0 Å². The van der Waals surface area contributed by atoms with E-state index in [1.54, 1.807) is 0 Å². The molecule has 0 aliphatic heterocycles. The number of H-pyrrole nitrogens is 1. The van der Waals surface area contributed by atoms with E-state index in [0.717, 1.165) is 22.6 Å². The first-order valence-corrected chi connectivity index (χ1v) is 8.25. The van der Waals surface area contributed by atoms with Gasteiger partial charge in [-0.15, -0.1) is 11.3 Å². The van der Waals surface area contributed by atoms with Gasteiger partial charge in [-0.05, 0) is 38.5 Å². The van der Waals surface area contributed by atoms with Crippen LogP contribution in [0.25, 0.3) is 10.2 Å². The molecular weight excluding hydrogens is 350 g/mol. The standard InChI is InChI=1S/C17H14F2N2O3S/c1-7-9(3)25-16-13(7)15(22)20-14(21-16)8(2)24-17(23)11-5-4-10(18)6-12(11)19/h4-6,8H,1-3H3,(H,20,21,22)/t8-/m0/s1. The van der Waals surface area contributed by atoms with Gasteiger partial charge in [0.25, 0.3) is 5.56 Å². The third kappa shape index (κ3) is 3.17. The molecule has 25 heavy (non-hydrogen) atoms. The maximum atomic E-state index is 13.7. The van der Waals surface area contributed by atoms with Crippen molar-refractivity contribution >= 4 is 27.5 Å². The highest BCUT2D eigenvalue weighted by Crippen LogP contribution is 2.27. The lowest BCUT2D eigenvalue weighted by atomic mass is 10.2. The van der Waals surface area contributed by atoms with E-state index in [4.69, 9.17) is 4.74 Å². The van der Waals surface area contributed by atoms with Crippen LogP contribution in [-0.4, -0.2) is 15.9 Å². The third-order valence-corrected chi connectivity index (χ3v) is 4.98. The normalized spacial score (nSPS) is 12.4. The van der Waals surface area contributed by atoms with Crippen LogP contribution in [0.15, 0.2) is 23.0 Å². The molecule has 1 atom stereocenters. The summed E-state index contributed by atoms with van der Waals surface area (Å²) in [5, 5.41) is 0.509. The molecule has 0 radical (unpaired) electrons. The zero-order chi connectivity index (χ0) is 18.3. The van der Waals surface area contributed by atoms with Crippen LogP contribution in [0.4, 0.5) is 8.78 Å². The van der Waals surface area contributed by atoms with Gasteiger partial charge in [0.2, 0.25) is 0 Å². The van der Waals surface area contributed by atoms with Gasteiger partial charge in [-0.1, -0.05) is 0 Å². The van der Waals surface area contributed by atoms with Gasteiger partial charge >= 0.3 is 5.97 Å². The summed E-state index contributed by atoms with van der Waals surface area (Å²) in [5.74, 6) is -2.61. The number of hydrogen-bond donors (Lipinski definition) is 1. The number of hydrogen-bond acceptors (Lipinski definition) is 5. The van der Waals surface area contributed by atoms with E-state index in [1.807, 2.05) is 13.8 Å². The highest BCUT2D eigenvalue weighted by Gasteiger charge is 2.21. The molecule has 1 N–H and O–H groups in total. The summed E-state index contributed by atoms with van der Waals surface area (Å²) in [7, 11) is 0. The first-order valence-electron chi connectivity index (χ1n) is 7.44. The van der Waals surface area contributed by atoms with Crippen LogP contribution in [0.1, 0.15) is 39.7 Å². The molecule has 1 aromatic carbocycles. The van der Waals surface area contributed by atoms with Crippen molar-refractivity contribution in [2.75, 3.05) is 0 Å². The molecule has 3 rings (SSSR count). The predicted molar refractivity (Wildman–Crippen MR) is 89.9 cm³/mol. The average Bonchev–Trinajstić information content (AvgIpc) is 2.82. The summed E-state index contributed by atoms with van der Waals surface area (Å²) >= 11 is 1.37. The van der Waals surface area contributed by atoms with E-state index in [1.165, 1.54) is 18.3 Å². The van der Waals surface area contributed by atoms with E-state index >= 15 is 0 Å². The molecule has 8 heteroatoms. The zero-order valence-corrected chi connectivity index (χ0v) is 14.5. The molecule has 0 aliphatic rings. The second kappa shape index (κ2) is 6.36. The van der Waals surface area contributed by atoms with Crippen molar-refractivity contribution in [2.45, 2.75) is 26.9 Å². The fraction of sp³-hybridized carbons (Fsp3) is 0.235. The lowest BCUT2D eigenvalue weighted by Gasteiger charge is -2.13. The number of thiophene rings is 1. The minimum Gasteiger partial charge on any atom is -0.451 e. The number of esters is 1. The first kappa shape index (κ1) is 17.2. The Kier molecular flexibility index (Phi) is 4.38. The number of nitrogens with zero attached hydrogens (tertiary/aromatic N) is 1. The van der Waals surface area contributed by atoms with Crippen LogP contribution >= 0.6 is 11.3 Å². The van der Waals surface area contributed by atoms with Crippen molar-refractivity contribution in [3.05, 3.63) is 62.0 Å². The maximum absolute atomic E-state index is 13.7. The number of rotatable bonds is 3. The average molecular weight is 364 g/mol. The summed E-state index contributed by atoms with van der Waals surface area (Å²) in [6.45, 7) is 5.24. The number of aryl methyl sites for hydroxylation is 2. The Labute approximate surface area is 145 Å². The minimum atomic E-state index is -1.02. The summed E-state index contributed by atoms with van der Waals surface area (Å²) in [6.07, 6.45) is -0.906. The second-order valence-corrected chi connectivity index (χ2v) is 6.79. The number of benzene rings is 1. The van der Waals surface area contributed by atoms with Crippen LogP contribution in [0, 0.1) is 25.5 Å². The van der Waals surface area contributed by atoms with Crippen LogP contribution in [0.2, 0.25) is 0 Å². The Morgan fingerprint density at radius 2 is 2.04 bits per heavy atom. The minimum absolute atomic E-state index is 0.162. The molecule has 5 nitrogen and oxygen atoms in total. The van der Waals surface area contributed by atoms with Crippen LogP contribution in [-0.2, 0) is 4.74 Å². The second-order valence-electron chi connectivity index (χ2n) is 5.59. The molecule has 0 bridgehead atoms. The number of aromatic amines is 1. The quantitative estimate of drug-likeness (QED) is 0.718. The number of ether oxygens (including phenoxy) is 1. The maximum Gasteiger partial charge on any atom is 0.341 e. The molecule has 2 heterocycles. The molecule has 0 saturated carbocycles. The topological polar surface area (TPSA) is 72.0 Å².